The fraction of sp³-hybridized carbons (Fsp3) is 0. The lowest BCUT2D eigenvalue weighted by atomic mass is 9.93. The molecule has 10 rings (SSSR count). The van der Waals surface area contributed by atoms with Crippen molar-refractivity contribution in [1.82, 2.24) is 19.9 Å². The highest BCUT2D eigenvalue weighted by Crippen LogP contribution is 2.45. The quantitative estimate of drug-likeness (QED) is 0.182. The van der Waals surface area contributed by atoms with E-state index in [2.05, 4.69) is 91.0 Å². The van der Waals surface area contributed by atoms with Crippen LogP contribution in [0, 0.1) is 0 Å². The smallest absolute Gasteiger partial charge is 0.164 e. The molecule has 50 heavy (non-hydrogen) atoms. The van der Waals surface area contributed by atoms with Crippen molar-refractivity contribution in [2.45, 2.75) is 0 Å². The van der Waals surface area contributed by atoms with Crippen LogP contribution in [-0.2, 0) is 0 Å². The fourth-order valence-corrected chi connectivity index (χ4v) is 9.06. The summed E-state index contributed by atoms with van der Waals surface area (Å²) in [5, 5.41) is 5.80. The number of benzene rings is 7. The second kappa shape index (κ2) is 11.8. The van der Waals surface area contributed by atoms with E-state index in [4.69, 9.17) is 19.9 Å². The third-order valence-electron chi connectivity index (χ3n) is 9.18. The van der Waals surface area contributed by atoms with Crippen molar-refractivity contribution in [2.24, 2.45) is 0 Å². The third-order valence-corrected chi connectivity index (χ3v) is 11.4. The van der Waals surface area contributed by atoms with Gasteiger partial charge in [-0.25, -0.2) is 19.9 Å². The number of hydrogen-bond donors (Lipinski definition) is 0. The molecule has 0 radical (unpaired) electrons. The number of hydrogen-bond acceptors (Lipinski definition) is 6. The van der Waals surface area contributed by atoms with E-state index in [1.807, 2.05) is 78.1 Å². The highest BCUT2D eigenvalue weighted by molar-refractivity contribution is 7.26. The minimum Gasteiger partial charge on any atom is -0.236 e. The maximum atomic E-state index is 5.08. The van der Waals surface area contributed by atoms with E-state index < -0.39 is 0 Å². The summed E-state index contributed by atoms with van der Waals surface area (Å²) in [6.07, 6.45) is 0. The number of fused-ring (bicyclic) bond motifs is 5. The fourth-order valence-electron chi connectivity index (χ4n) is 6.85. The van der Waals surface area contributed by atoms with Crippen molar-refractivity contribution in [3.63, 3.8) is 0 Å². The van der Waals surface area contributed by atoms with Crippen molar-refractivity contribution < 1.29 is 0 Å². The third kappa shape index (κ3) is 4.88. The van der Waals surface area contributed by atoms with Crippen LogP contribution in [0.3, 0.4) is 0 Å². The van der Waals surface area contributed by atoms with E-state index in [0.29, 0.717) is 17.5 Å². The molecule has 0 spiro atoms. The number of thiophene rings is 1. The zero-order valence-electron chi connectivity index (χ0n) is 26.6. The van der Waals surface area contributed by atoms with Gasteiger partial charge in [-0.3, -0.25) is 0 Å². The van der Waals surface area contributed by atoms with E-state index in [1.165, 1.54) is 36.0 Å². The largest absolute Gasteiger partial charge is 0.236 e. The Morgan fingerprint density at radius 1 is 0.340 bits per heavy atom. The van der Waals surface area contributed by atoms with E-state index in [-0.39, 0.29) is 0 Å². The predicted molar refractivity (Wildman–Crippen MR) is 211 cm³/mol. The molecule has 0 unspecified atom stereocenters. The Morgan fingerprint density at radius 3 is 1.58 bits per heavy atom. The summed E-state index contributed by atoms with van der Waals surface area (Å²) in [6.45, 7) is 0. The molecule has 0 saturated carbocycles. The van der Waals surface area contributed by atoms with Crippen LogP contribution in [0.25, 0.3) is 97.0 Å². The van der Waals surface area contributed by atoms with Crippen LogP contribution in [-0.4, -0.2) is 19.9 Å². The Balaban J connectivity index is 1.16. The Morgan fingerprint density at radius 2 is 0.900 bits per heavy atom. The molecule has 7 aromatic carbocycles. The molecule has 0 aliphatic heterocycles. The van der Waals surface area contributed by atoms with Gasteiger partial charge in [-0.2, -0.15) is 0 Å². The average Bonchev–Trinajstić information content (AvgIpc) is 3.78. The van der Waals surface area contributed by atoms with Gasteiger partial charge in [0.05, 0.1) is 10.2 Å². The van der Waals surface area contributed by atoms with Crippen LogP contribution in [0.1, 0.15) is 0 Å². The van der Waals surface area contributed by atoms with Crippen molar-refractivity contribution in [1.29, 1.82) is 0 Å². The van der Waals surface area contributed by atoms with Gasteiger partial charge in [-0.1, -0.05) is 140 Å². The first-order valence-electron chi connectivity index (χ1n) is 16.5. The van der Waals surface area contributed by atoms with Crippen LogP contribution in [0.15, 0.2) is 158 Å². The normalized spacial score (nSPS) is 11.6. The summed E-state index contributed by atoms with van der Waals surface area (Å²) >= 11 is 3.60. The molecule has 0 atom stereocenters. The van der Waals surface area contributed by atoms with Gasteiger partial charge >= 0.3 is 0 Å². The highest BCUT2D eigenvalue weighted by atomic mass is 32.1. The summed E-state index contributed by atoms with van der Waals surface area (Å²) in [6, 6.07) is 55.0. The molecule has 6 heteroatoms. The molecule has 234 valence electrons. The number of nitrogens with zero attached hydrogens (tertiary/aromatic N) is 4. The monoisotopic (exact) mass is 674 g/mol. The maximum Gasteiger partial charge on any atom is 0.164 e. The molecule has 0 saturated heterocycles. The van der Waals surface area contributed by atoms with Crippen LogP contribution in [0.4, 0.5) is 0 Å². The van der Waals surface area contributed by atoms with Crippen molar-refractivity contribution in [2.75, 3.05) is 0 Å². The highest BCUT2D eigenvalue weighted by Gasteiger charge is 2.18. The van der Waals surface area contributed by atoms with Crippen LogP contribution < -0.4 is 0 Å². The van der Waals surface area contributed by atoms with E-state index in [9.17, 15) is 0 Å². The molecule has 0 fully saturated rings. The minimum atomic E-state index is 0.653. The Bertz CT molecular complexity index is 2800. The molecular formula is C44H26N4S2. The standard InChI is InChI=1S/C44H26N4S2/c1-4-13-27(14-5-1)41-46-42(28-15-6-2-7-16-28)48-43(47-41)34-23-11-19-30-31(20-10-21-32(30)34)33-22-12-24-37-40(33)35-25-36-39(26-38(35)49-37)50-44(45-36)29-17-8-3-9-18-29/h1-26H. The van der Waals surface area contributed by atoms with Crippen LogP contribution in [0.2, 0.25) is 0 Å². The van der Waals surface area contributed by atoms with Gasteiger partial charge in [0.2, 0.25) is 0 Å². The molecule has 0 N–H and O–H groups in total. The average molecular weight is 675 g/mol. The minimum absolute atomic E-state index is 0.653. The van der Waals surface area contributed by atoms with Gasteiger partial charge in [0, 0.05) is 42.4 Å². The molecule has 0 amide bonds. The van der Waals surface area contributed by atoms with Gasteiger partial charge in [-0.05, 0) is 40.1 Å². The summed E-state index contributed by atoms with van der Waals surface area (Å²) in [5.41, 5.74) is 7.46. The van der Waals surface area contributed by atoms with Gasteiger partial charge < -0.3 is 0 Å². The summed E-state index contributed by atoms with van der Waals surface area (Å²) in [5.74, 6) is 1.96. The van der Waals surface area contributed by atoms with Gasteiger partial charge in [0.25, 0.3) is 0 Å². The number of aromatic nitrogens is 4. The van der Waals surface area contributed by atoms with E-state index >= 15 is 0 Å². The zero-order valence-corrected chi connectivity index (χ0v) is 28.2. The molecular weight excluding hydrogens is 649 g/mol. The molecule has 10 aromatic rings. The zero-order chi connectivity index (χ0) is 33.0. The molecule has 3 aromatic heterocycles. The molecule has 0 aliphatic carbocycles. The number of rotatable bonds is 5. The lowest BCUT2D eigenvalue weighted by Crippen LogP contribution is -2.00. The first-order valence-corrected chi connectivity index (χ1v) is 18.1. The summed E-state index contributed by atoms with van der Waals surface area (Å²) < 4.78 is 3.75. The van der Waals surface area contributed by atoms with Crippen LogP contribution in [0.5, 0.6) is 0 Å². The van der Waals surface area contributed by atoms with E-state index in [0.717, 1.165) is 43.6 Å². The van der Waals surface area contributed by atoms with Crippen LogP contribution >= 0.6 is 22.7 Å². The first-order chi connectivity index (χ1) is 24.8. The lowest BCUT2D eigenvalue weighted by molar-refractivity contribution is 1.08. The van der Waals surface area contributed by atoms with Crippen molar-refractivity contribution in [3.8, 4) is 55.9 Å². The maximum absolute atomic E-state index is 5.08. The molecule has 0 aliphatic rings. The molecule has 0 bridgehead atoms. The molecule has 4 nitrogen and oxygen atoms in total. The predicted octanol–water partition coefficient (Wildman–Crippen LogP) is 12.3. The lowest BCUT2D eigenvalue weighted by Gasteiger charge is -2.13. The first kappa shape index (κ1) is 28.9. The Kier molecular flexibility index (Phi) is 6.82. The SMILES string of the molecule is c1ccc(-c2nc(-c3ccccc3)nc(-c3cccc4c(-c5cccc6sc7cc8sc(-c9ccccc9)nc8cc7c56)cccc34)n2)cc1. The van der Waals surface area contributed by atoms with Gasteiger partial charge in [0.15, 0.2) is 17.5 Å². The Labute approximate surface area is 296 Å². The van der Waals surface area contributed by atoms with Gasteiger partial charge in [0.1, 0.15) is 5.01 Å². The topological polar surface area (TPSA) is 51.6 Å². The summed E-state index contributed by atoms with van der Waals surface area (Å²) in [7, 11) is 0. The van der Waals surface area contributed by atoms with E-state index in [1.54, 1.807) is 11.3 Å². The number of thiazole rings is 1. The van der Waals surface area contributed by atoms with Crippen molar-refractivity contribution in [3.05, 3.63) is 158 Å². The molecule has 3 heterocycles. The van der Waals surface area contributed by atoms with Gasteiger partial charge in [-0.15, -0.1) is 22.7 Å². The summed E-state index contributed by atoms with van der Waals surface area (Å²) in [4.78, 5) is 20.1. The second-order valence-electron chi connectivity index (χ2n) is 12.2. The second-order valence-corrected chi connectivity index (χ2v) is 14.3. The van der Waals surface area contributed by atoms with Crippen molar-refractivity contribution >= 4 is 63.8 Å². The Hall–Kier alpha value is -6.08.